The number of hydrogen-bond acceptors (Lipinski definition) is 4. The fourth-order valence-corrected chi connectivity index (χ4v) is 4.12. The molecule has 0 bridgehead atoms. The van der Waals surface area contributed by atoms with Gasteiger partial charge < -0.3 is 5.73 Å². The SMILES string of the molecule is CN(Cc1csc(Br)c1)S(=O)(=O)c1ccc(F)c(N)c1F. The minimum atomic E-state index is -4.10. The number of sulfonamides is 1. The third-order valence-corrected chi connectivity index (χ3v) is 6.18. The molecule has 2 N–H and O–H groups in total. The Morgan fingerprint density at radius 2 is 2.05 bits per heavy atom. The van der Waals surface area contributed by atoms with Crippen molar-refractivity contribution in [3.8, 4) is 0 Å². The van der Waals surface area contributed by atoms with Crippen LogP contribution >= 0.6 is 27.3 Å². The molecule has 1 aromatic carbocycles. The second-order valence-electron chi connectivity index (χ2n) is 4.29. The quantitative estimate of drug-likeness (QED) is 0.807. The maximum absolute atomic E-state index is 13.9. The minimum absolute atomic E-state index is 0.0706. The van der Waals surface area contributed by atoms with E-state index < -0.39 is 32.2 Å². The van der Waals surface area contributed by atoms with Crippen LogP contribution in [0, 0.1) is 11.6 Å². The Bertz CT molecular complexity index is 778. The fourth-order valence-electron chi connectivity index (χ4n) is 1.69. The molecular formula is C12H11BrF2N2O2S2. The number of nitrogen functional groups attached to an aromatic ring is 1. The van der Waals surface area contributed by atoms with Crippen LogP contribution < -0.4 is 5.73 Å². The lowest BCUT2D eigenvalue weighted by molar-refractivity contribution is 0.459. The van der Waals surface area contributed by atoms with Gasteiger partial charge in [0.1, 0.15) is 16.4 Å². The summed E-state index contributed by atoms with van der Waals surface area (Å²) in [5.74, 6) is -2.26. The van der Waals surface area contributed by atoms with Gasteiger partial charge in [-0.05, 0) is 45.1 Å². The standard InChI is InChI=1S/C12H11BrF2N2O2S2/c1-17(5-7-4-10(13)20-6-7)21(18,19)9-3-2-8(14)12(16)11(9)15/h2-4,6H,5,16H2,1H3. The molecule has 0 saturated carbocycles. The lowest BCUT2D eigenvalue weighted by atomic mass is 10.3. The number of nitrogens with zero attached hydrogens (tertiary/aromatic N) is 1. The first-order chi connectivity index (χ1) is 9.73. The highest BCUT2D eigenvalue weighted by atomic mass is 79.9. The highest BCUT2D eigenvalue weighted by molar-refractivity contribution is 9.11. The first kappa shape index (κ1) is 16.3. The number of rotatable bonds is 4. The van der Waals surface area contributed by atoms with Crippen molar-refractivity contribution in [2.24, 2.45) is 0 Å². The lowest BCUT2D eigenvalue weighted by Gasteiger charge is -2.17. The number of hydrogen-bond donors (Lipinski definition) is 1. The Kier molecular flexibility index (Phi) is 4.66. The summed E-state index contributed by atoms with van der Waals surface area (Å²) in [4.78, 5) is -0.641. The van der Waals surface area contributed by atoms with Crippen LogP contribution in [0.3, 0.4) is 0 Å². The van der Waals surface area contributed by atoms with E-state index in [9.17, 15) is 17.2 Å². The molecule has 114 valence electrons. The molecule has 0 spiro atoms. The summed E-state index contributed by atoms with van der Waals surface area (Å²) >= 11 is 4.69. The summed E-state index contributed by atoms with van der Waals surface area (Å²) in [5.41, 5.74) is 5.15. The molecule has 2 aromatic rings. The van der Waals surface area contributed by atoms with Gasteiger partial charge in [-0.15, -0.1) is 11.3 Å². The van der Waals surface area contributed by atoms with Crippen molar-refractivity contribution in [2.75, 3.05) is 12.8 Å². The van der Waals surface area contributed by atoms with E-state index in [0.29, 0.717) is 0 Å². The third-order valence-electron chi connectivity index (χ3n) is 2.81. The first-order valence-electron chi connectivity index (χ1n) is 5.66. The Morgan fingerprint density at radius 1 is 1.38 bits per heavy atom. The maximum atomic E-state index is 13.9. The van der Waals surface area contributed by atoms with Crippen LogP contribution in [0.1, 0.15) is 5.56 Å². The molecule has 0 atom stereocenters. The smallest absolute Gasteiger partial charge is 0.246 e. The zero-order valence-electron chi connectivity index (χ0n) is 10.8. The highest BCUT2D eigenvalue weighted by Gasteiger charge is 2.27. The van der Waals surface area contributed by atoms with Gasteiger partial charge in [0.05, 0.1) is 3.79 Å². The van der Waals surface area contributed by atoms with Gasteiger partial charge in [0, 0.05) is 13.6 Å². The van der Waals surface area contributed by atoms with Crippen LogP contribution in [0.2, 0.25) is 0 Å². The third kappa shape index (κ3) is 3.25. The number of nitrogens with two attached hydrogens (primary N) is 1. The number of benzene rings is 1. The second-order valence-corrected chi connectivity index (χ2v) is 8.60. The molecule has 1 heterocycles. The largest absolute Gasteiger partial charge is 0.394 e. The average molecular weight is 397 g/mol. The Labute approximate surface area is 133 Å². The van der Waals surface area contributed by atoms with Gasteiger partial charge in [-0.3, -0.25) is 0 Å². The van der Waals surface area contributed by atoms with Gasteiger partial charge in [-0.2, -0.15) is 4.31 Å². The second kappa shape index (κ2) is 5.99. The summed E-state index contributed by atoms with van der Waals surface area (Å²) in [6, 6.07) is 3.47. The van der Waals surface area contributed by atoms with Crippen LogP contribution in [0.5, 0.6) is 0 Å². The Hall–Kier alpha value is -1.03. The predicted molar refractivity (Wildman–Crippen MR) is 81.4 cm³/mol. The number of thiophene rings is 1. The van der Waals surface area contributed by atoms with E-state index in [-0.39, 0.29) is 6.54 Å². The van der Waals surface area contributed by atoms with Crippen molar-refractivity contribution in [1.82, 2.24) is 4.31 Å². The van der Waals surface area contributed by atoms with Gasteiger partial charge >= 0.3 is 0 Å². The molecule has 0 amide bonds. The van der Waals surface area contributed by atoms with Crippen LogP contribution in [-0.2, 0) is 16.6 Å². The molecule has 0 saturated heterocycles. The molecule has 4 nitrogen and oxygen atoms in total. The predicted octanol–water partition coefficient (Wildman–Crippen LogP) is 3.19. The molecule has 0 aliphatic rings. The lowest BCUT2D eigenvalue weighted by Crippen LogP contribution is -2.27. The number of anilines is 1. The van der Waals surface area contributed by atoms with Crippen molar-refractivity contribution in [3.63, 3.8) is 0 Å². The van der Waals surface area contributed by atoms with E-state index in [1.54, 1.807) is 11.4 Å². The van der Waals surface area contributed by atoms with Gasteiger partial charge in [-0.1, -0.05) is 0 Å². The van der Waals surface area contributed by atoms with E-state index in [1.807, 2.05) is 0 Å². The summed E-state index contributed by atoms with van der Waals surface area (Å²) in [6.45, 7) is 0.0706. The topological polar surface area (TPSA) is 63.4 Å². The van der Waals surface area contributed by atoms with Crippen molar-refractivity contribution < 1.29 is 17.2 Å². The zero-order valence-corrected chi connectivity index (χ0v) is 14.0. The minimum Gasteiger partial charge on any atom is -0.394 e. The molecule has 0 radical (unpaired) electrons. The fraction of sp³-hybridized carbons (Fsp3) is 0.167. The monoisotopic (exact) mass is 396 g/mol. The van der Waals surface area contributed by atoms with Gasteiger partial charge in [0.2, 0.25) is 10.0 Å². The van der Waals surface area contributed by atoms with Crippen molar-refractivity contribution >= 4 is 43.0 Å². The van der Waals surface area contributed by atoms with E-state index in [1.165, 1.54) is 18.4 Å². The van der Waals surface area contributed by atoms with Crippen LogP contribution in [-0.4, -0.2) is 19.8 Å². The Morgan fingerprint density at radius 3 is 2.62 bits per heavy atom. The van der Waals surface area contributed by atoms with Crippen LogP contribution in [0.15, 0.2) is 32.3 Å². The molecule has 0 aliphatic heterocycles. The maximum Gasteiger partial charge on any atom is 0.246 e. The van der Waals surface area contributed by atoms with Gasteiger partial charge in [-0.25, -0.2) is 17.2 Å². The molecule has 9 heteroatoms. The Balaban J connectivity index is 2.35. The van der Waals surface area contributed by atoms with Gasteiger partial charge in [0.15, 0.2) is 5.82 Å². The summed E-state index contributed by atoms with van der Waals surface area (Å²) in [6.07, 6.45) is 0. The highest BCUT2D eigenvalue weighted by Crippen LogP contribution is 2.27. The van der Waals surface area contributed by atoms with Crippen molar-refractivity contribution in [2.45, 2.75) is 11.4 Å². The molecule has 0 fully saturated rings. The summed E-state index contributed by atoms with van der Waals surface area (Å²) in [5, 5.41) is 1.78. The van der Waals surface area contributed by atoms with Crippen LogP contribution in [0.25, 0.3) is 0 Å². The average Bonchev–Trinajstić information content (AvgIpc) is 2.81. The van der Waals surface area contributed by atoms with Crippen molar-refractivity contribution in [1.29, 1.82) is 0 Å². The summed E-state index contributed by atoms with van der Waals surface area (Å²) in [7, 11) is -2.78. The molecule has 0 aliphatic carbocycles. The van der Waals surface area contributed by atoms with E-state index in [0.717, 1.165) is 25.8 Å². The molecular weight excluding hydrogens is 386 g/mol. The first-order valence-corrected chi connectivity index (χ1v) is 8.77. The van der Waals surface area contributed by atoms with E-state index >= 15 is 0 Å². The number of halogens is 3. The normalized spacial score (nSPS) is 12.0. The van der Waals surface area contributed by atoms with E-state index in [4.69, 9.17) is 5.73 Å². The summed E-state index contributed by atoms with van der Waals surface area (Å²) < 4.78 is 53.5. The zero-order chi connectivity index (χ0) is 15.8. The van der Waals surface area contributed by atoms with Crippen molar-refractivity contribution in [3.05, 3.63) is 44.6 Å². The van der Waals surface area contributed by atoms with Crippen LogP contribution in [0.4, 0.5) is 14.5 Å². The molecule has 2 rings (SSSR count). The molecule has 0 unspecified atom stereocenters. The molecule has 21 heavy (non-hydrogen) atoms. The van der Waals surface area contributed by atoms with E-state index in [2.05, 4.69) is 15.9 Å². The van der Waals surface area contributed by atoms with Gasteiger partial charge in [0.25, 0.3) is 0 Å². The molecule has 1 aromatic heterocycles.